The Labute approximate surface area is 322 Å². The van der Waals surface area contributed by atoms with Gasteiger partial charge in [0, 0.05) is 21.5 Å². The van der Waals surface area contributed by atoms with E-state index in [2.05, 4.69) is 164 Å². The van der Waals surface area contributed by atoms with E-state index >= 15 is 0 Å². The van der Waals surface area contributed by atoms with Crippen LogP contribution in [-0.2, 0) is 0 Å². The second kappa shape index (κ2) is 9.69. The van der Waals surface area contributed by atoms with Crippen molar-refractivity contribution in [3.63, 3.8) is 0 Å². The van der Waals surface area contributed by atoms with Crippen LogP contribution in [0.3, 0.4) is 0 Å². The highest BCUT2D eigenvalue weighted by Crippen LogP contribution is 2.50. The average Bonchev–Trinajstić information content (AvgIpc) is 3.94. The first-order chi connectivity index (χ1) is 28.2. The van der Waals surface area contributed by atoms with Crippen molar-refractivity contribution in [3.05, 3.63) is 179 Å². The van der Waals surface area contributed by atoms with Crippen molar-refractivity contribution in [3.8, 4) is 0 Å². The molecule has 2 bridgehead atoms. The molecule has 5 aliphatic rings. The summed E-state index contributed by atoms with van der Waals surface area (Å²) in [6.45, 7) is 0. The molecule has 8 nitrogen and oxygen atoms in total. The van der Waals surface area contributed by atoms with E-state index in [4.69, 9.17) is 20.0 Å². The molecule has 15 rings (SSSR count). The van der Waals surface area contributed by atoms with E-state index < -0.39 is 6.29 Å². The number of nitrogens with zero attached hydrogens (tertiary/aromatic N) is 7. The van der Waals surface area contributed by atoms with Crippen molar-refractivity contribution in [2.45, 2.75) is 6.29 Å². The van der Waals surface area contributed by atoms with Gasteiger partial charge in [-0.3, -0.25) is 4.98 Å². The summed E-state index contributed by atoms with van der Waals surface area (Å²) in [6, 6.07) is 52.5. The van der Waals surface area contributed by atoms with Gasteiger partial charge in [0.1, 0.15) is 0 Å². The molecule has 1 N–H and O–H groups in total. The van der Waals surface area contributed by atoms with E-state index in [0.29, 0.717) is 0 Å². The van der Waals surface area contributed by atoms with Crippen LogP contribution < -0.4 is 11.0 Å². The summed E-state index contributed by atoms with van der Waals surface area (Å²) in [5.74, 6) is 5.19. The van der Waals surface area contributed by atoms with E-state index in [1.54, 1.807) is 0 Å². The second-order valence-corrected chi connectivity index (χ2v) is 15.6. The molecule has 0 radical (unpaired) electrons. The highest BCUT2D eigenvalue weighted by Gasteiger charge is 2.54. The van der Waals surface area contributed by atoms with Crippen LogP contribution in [0.15, 0.2) is 166 Å². The molecule has 7 heterocycles. The predicted octanol–water partition coefficient (Wildman–Crippen LogP) is 8.87. The van der Waals surface area contributed by atoms with Gasteiger partial charge in [0.05, 0.1) is 22.3 Å². The normalized spacial score (nSPS) is 16.9. The maximum atomic E-state index is 5.66. The maximum absolute atomic E-state index is 5.66. The summed E-state index contributed by atoms with van der Waals surface area (Å²) in [4.78, 5) is 26.4. The lowest BCUT2D eigenvalue weighted by Gasteiger charge is -2.27. The minimum atomic E-state index is -0.435. The first-order valence-electron chi connectivity index (χ1n) is 19.3. The Hall–Kier alpha value is -7.84. The summed E-state index contributed by atoms with van der Waals surface area (Å²) in [5.41, 5.74) is 5.75. The number of aromatic amines is 1. The fraction of sp³-hybridized carbons (Fsp3) is 0.0204. The number of aliphatic imine (C=N–C) groups is 2. The maximum Gasteiger partial charge on any atom is 0.296 e. The zero-order chi connectivity index (χ0) is 36.7. The number of amidine groups is 4. The van der Waals surface area contributed by atoms with Crippen LogP contribution in [-0.4, -0.2) is 42.0 Å². The Morgan fingerprint density at radius 1 is 0.386 bits per heavy atom. The van der Waals surface area contributed by atoms with Gasteiger partial charge in [0.15, 0.2) is 0 Å². The van der Waals surface area contributed by atoms with Crippen LogP contribution in [0.2, 0.25) is 0 Å². The lowest BCUT2D eigenvalue weighted by atomic mass is 10.0. The molecule has 0 fully saturated rings. The summed E-state index contributed by atoms with van der Waals surface area (Å²) in [7, 11) is 0. The molecular formula is C49H26N8+2. The molecule has 0 amide bonds. The minimum Gasteiger partial charge on any atom is -0.296 e. The largest absolute Gasteiger partial charge is 0.296 e. The molecule has 0 saturated heterocycles. The van der Waals surface area contributed by atoms with Crippen LogP contribution >= 0.6 is 0 Å². The van der Waals surface area contributed by atoms with Crippen molar-refractivity contribution < 1.29 is 9.15 Å². The van der Waals surface area contributed by atoms with Gasteiger partial charge in [0.25, 0.3) is 29.6 Å². The van der Waals surface area contributed by atoms with E-state index in [0.717, 1.165) is 122 Å². The Balaban J connectivity index is 1.19. The lowest BCUT2D eigenvalue weighted by Crippen LogP contribution is -2.45. The Kier molecular flexibility index (Phi) is 4.86. The standard InChI is InChI=1S/C49H25N8/c1-2-10-26-18-34-33(17-25(26)9-1)41-50-42(34)52-44-36-20-28-12-4-6-14-30(28)22-38(36)46-54-48-40-24-32-16-8-7-15-31(32)23-39(40)47-53-45-37-21-29-13-5-3-11-27(29)19-35(37)43(51-41)55(45)49(56(44)46)57(47)48/h1-24,49H/q+1/p+1. The summed E-state index contributed by atoms with van der Waals surface area (Å²) in [5, 5.41) is 13.5. The number of aromatic nitrogens is 2. The molecule has 2 aromatic heterocycles. The molecule has 5 aliphatic heterocycles. The van der Waals surface area contributed by atoms with E-state index in [1.165, 1.54) is 10.8 Å². The zero-order valence-corrected chi connectivity index (χ0v) is 30.1. The molecular weight excluding hydrogens is 701 g/mol. The number of H-pyrrole nitrogens is 1. The van der Waals surface area contributed by atoms with Crippen LogP contribution in [0.4, 0.5) is 11.6 Å². The third-order valence-corrected chi connectivity index (χ3v) is 12.7. The molecule has 260 valence electrons. The molecule has 0 saturated carbocycles. The fourth-order valence-corrected chi connectivity index (χ4v) is 10.1. The van der Waals surface area contributed by atoms with Gasteiger partial charge in [-0.1, -0.05) is 117 Å². The Morgan fingerprint density at radius 3 is 1.11 bits per heavy atom. The monoisotopic (exact) mass is 726 g/mol. The molecule has 57 heavy (non-hydrogen) atoms. The third-order valence-electron chi connectivity index (χ3n) is 12.7. The van der Waals surface area contributed by atoms with Crippen molar-refractivity contribution in [1.82, 2.24) is 9.55 Å². The van der Waals surface area contributed by atoms with Crippen LogP contribution in [0.5, 0.6) is 0 Å². The van der Waals surface area contributed by atoms with Gasteiger partial charge in [-0.15, -0.1) is 0 Å². The zero-order valence-electron chi connectivity index (χ0n) is 30.1. The molecule has 0 atom stereocenters. The van der Waals surface area contributed by atoms with Crippen molar-refractivity contribution in [1.29, 1.82) is 0 Å². The van der Waals surface area contributed by atoms with Gasteiger partial charge < -0.3 is 0 Å². The number of fused-ring (bicyclic) bond motifs is 18. The highest BCUT2D eigenvalue weighted by atomic mass is 15.5. The topological polar surface area (TPSA) is 76.2 Å². The number of nitrogens with one attached hydrogen (secondary N) is 1. The van der Waals surface area contributed by atoms with Crippen LogP contribution in [0, 0.1) is 0 Å². The summed E-state index contributed by atoms with van der Waals surface area (Å²) < 4.78 is 7.01. The summed E-state index contributed by atoms with van der Waals surface area (Å²) in [6.07, 6.45) is -0.435. The van der Waals surface area contributed by atoms with E-state index in [-0.39, 0.29) is 0 Å². The Bertz CT molecular complexity index is 3680. The average molecular weight is 727 g/mol. The first-order valence-corrected chi connectivity index (χ1v) is 19.3. The number of rotatable bonds is 0. The fourth-order valence-electron chi connectivity index (χ4n) is 10.1. The number of hydrogen-bond donors (Lipinski definition) is 1. The highest BCUT2D eigenvalue weighted by molar-refractivity contribution is 6.22. The lowest BCUT2D eigenvalue weighted by molar-refractivity contribution is -0.713. The van der Waals surface area contributed by atoms with Crippen molar-refractivity contribution in [2.24, 2.45) is 20.0 Å². The molecule has 0 aliphatic carbocycles. The second-order valence-electron chi connectivity index (χ2n) is 15.6. The minimum absolute atomic E-state index is 0.435. The third kappa shape index (κ3) is 3.46. The predicted molar refractivity (Wildman–Crippen MR) is 226 cm³/mol. The first kappa shape index (κ1) is 28.6. The molecule has 8 heteroatoms. The molecule has 10 aromatic rings. The Morgan fingerprint density at radius 2 is 0.719 bits per heavy atom. The summed E-state index contributed by atoms with van der Waals surface area (Å²) >= 11 is 0. The number of hydrogen-bond acceptors (Lipinski definition) is 4. The quantitative estimate of drug-likeness (QED) is 0.152. The van der Waals surface area contributed by atoms with Gasteiger partial charge in [0.2, 0.25) is 22.6 Å². The van der Waals surface area contributed by atoms with Gasteiger partial charge in [-0.25, -0.2) is 4.57 Å². The van der Waals surface area contributed by atoms with Gasteiger partial charge >= 0.3 is 0 Å². The molecule has 8 aromatic carbocycles. The molecule has 0 spiro atoms. The van der Waals surface area contributed by atoms with Crippen LogP contribution in [0.1, 0.15) is 28.5 Å². The van der Waals surface area contributed by atoms with E-state index in [1.807, 2.05) is 0 Å². The van der Waals surface area contributed by atoms with E-state index in [9.17, 15) is 0 Å². The smallest absolute Gasteiger partial charge is 0.296 e. The van der Waals surface area contributed by atoms with Crippen molar-refractivity contribution in [2.75, 3.05) is 0 Å². The SMILES string of the molecule is c1ccc2cc3c(cc2c1)C1=Nc2c4cc5ccccc5cc4c4n2C2[N+]1=C3N=c1[nH]c(c3cc5ccccc5cc13)=NC1=[N+]2C(=N4)c2cc3ccccc3cc21. The number of benzene rings is 8. The molecule has 0 unspecified atom stereocenters. The van der Waals surface area contributed by atoms with Crippen molar-refractivity contribution >= 4 is 99.6 Å². The van der Waals surface area contributed by atoms with Crippen LogP contribution in [0.25, 0.3) is 64.6 Å². The van der Waals surface area contributed by atoms with Gasteiger partial charge in [-0.05, 0) is 91.6 Å². The van der Waals surface area contributed by atoms with Gasteiger partial charge in [-0.2, -0.15) is 9.15 Å².